The molecule has 0 saturated carbocycles. The molecule has 3 aromatic rings. The second-order valence-electron chi connectivity index (χ2n) is 5.23. The normalized spacial score (nSPS) is 12.3. The van der Waals surface area contributed by atoms with E-state index in [1.165, 1.54) is 10.9 Å². The molecule has 0 aliphatic carbocycles. The lowest BCUT2D eigenvalue weighted by molar-refractivity contribution is 0.217. The van der Waals surface area contributed by atoms with E-state index in [9.17, 15) is 0 Å². The molecule has 0 bridgehead atoms. The topological polar surface area (TPSA) is 35.2 Å². The number of rotatable bonds is 4. The Morgan fingerprint density at radius 1 is 0.952 bits per heavy atom. The van der Waals surface area contributed by atoms with E-state index in [1.54, 1.807) is 0 Å². The van der Waals surface area contributed by atoms with E-state index in [-0.39, 0.29) is 6.10 Å². The Bertz CT molecular complexity index is 746. The molecule has 0 heterocycles. The highest BCUT2D eigenvalue weighted by atomic mass is 16.5. The largest absolute Gasteiger partial charge is 0.484 e. The minimum Gasteiger partial charge on any atom is -0.484 e. The lowest BCUT2D eigenvalue weighted by Gasteiger charge is -2.19. The molecule has 106 valence electrons. The Morgan fingerprint density at radius 2 is 1.71 bits per heavy atom. The third-order valence-corrected chi connectivity index (χ3v) is 3.65. The number of hydrogen-bond acceptors (Lipinski definition) is 2. The van der Waals surface area contributed by atoms with Crippen LogP contribution in [0.2, 0.25) is 0 Å². The van der Waals surface area contributed by atoms with Gasteiger partial charge in [-0.3, -0.25) is 0 Å². The molecule has 1 atom stereocenters. The van der Waals surface area contributed by atoms with Gasteiger partial charge in [0.25, 0.3) is 0 Å². The van der Waals surface area contributed by atoms with Crippen LogP contribution in [0.1, 0.15) is 17.2 Å². The van der Waals surface area contributed by atoms with Gasteiger partial charge in [0, 0.05) is 11.9 Å². The van der Waals surface area contributed by atoms with Gasteiger partial charge >= 0.3 is 0 Å². The monoisotopic (exact) mass is 277 g/mol. The summed E-state index contributed by atoms with van der Waals surface area (Å²) < 4.78 is 6.19. The number of hydrogen-bond donors (Lipinski definition) is 1. The summed E-state index contributed by atoms with van der Waals surface area (Å²) in [4.78, 5) is 0. The SMILES string of the molecule is Cc1cccc(C(CN)Oc2cccc3ccccc23)c1. The number of benzene rings is 3. The first-order chi connectivity index (χ1) is 10.3. The average Bonchev–Trinajstić information content (AvgIpc) is 2.52. The highest BCUT2D eigenvalue weighted by Crippen LogP contribution is 2.29. The van der Waals surface area contributed by atoms with Crippen LogP contribution >= 0.6 is 0 Å². The van der Waals surface area contributed by atoms with Gasteiger partial charge in [-0.25, -0.2) is 0 Å². The highest BCUT2D eigenvalue weighted by molar-refractivity contribution is 5.88. The van der Waals surface area contributed by atoms with Crippen LogP contribution in [0.25, 0.3) is 10.8 Å². The predicted octanol–water partition coefficient (Wildman–Crippen LogP) is 4.23. The van der Waals surface area contributed by atoms with Crippen molar-refractivity contribution in [2.24, 2.45) is 5.73 Å². The summed E-state index contributed by atoms with van der Waals surface area (Å²) in [7, 11) is 0. The van der Waals surface area contributed by atoms with Crippen LogP contribution in [0.5, 0.6) is 5.75 Å². The molecular weight excluding hydrogens is 258 g/mol. The third-order valence-electron chi connectivity index (χ3n) is 3.65. The van der Waals surface area contributed by atoms with Crippen molar-refractivity contribution in [3.63, 3.8) is 0 Å². The third kappa shape index (κ3) is 2.91. The molecule has 0 aliphatic rings. The average molecular weight is 277 g/mol. The minimum absolute atomic E-state index is 0.129. The first kappa shape index (κ1) is 13.7. The fourth-order valence-corrected chi connectivity index (χ4v) is 2.57. The van der Waals surface area contributed by atoms with Crippen LogP contribution in [0, 0.1) is 6.92 Å². The van der Waals surface area contributed by atoms with Crippen LogP contribution in [-0.2, 0) is 0 Å². The van der Waals surface area contributed by atoms with Crippen molar-refractivity contribution >= 4 is 10.8 Å². The number of fused-ring (bicyclic) bond motifs is 1. The summed E-state index contributed by atoms with van der Waals surface area (Å²) in [6, 6.07) is 22.6. The van der Waals surface area contributed by atoms with Crippen molar-refractivity contribution in [1.29, 1.82) is 0 Å². The first-order valence-corrected chi connectivity index (χ1v) is 7.19. The van der Waals surface area contributed by atoms with Gasteiger partial charge in [0.15, 0.2) is 0 Å². The van der Waals surface area contributed by atoms with Crippen LogP contribution in [0.3, 0.4) is 0 Å². The van der Waals surface area contributed by atoms with Gasteiger partial charge in [0.2, 0.25) is 0 Å². The minimum atomic E-state index is -0.129. The summed E-state index contributed by atoms with van der Waals surface area (Å²) >= 11 is 0. The predicted molar refractivity (Wildman–Crippen MR) is 87.6 cm³/mol. The van der Waals surface area contributed by atoms with Gasteiger partial charge in [-0.2, -0.15) is 0 Å². The van der Waals surface area contributed by atoms with Gasteiger partial charge < -0.3 is 10.5 Å². The van der Waals surface area contributed by atoms with Crippen molar-refractivity contribution in [3.8, 4) is 5.75 Å². The maximum absolute atomic E-state index is 6.19. The molecule has 21 heavy (non-hydrogen) atoms. The quantitative estimate of drug-likeness (QED) is 0.774. The van der Waals surface area contributed by atoms with E-state index in [0.29, 0.717) is 6.54 Å². The van der Waals surface area contributed by atoms with Crippen LogP contribution in [-0.4, -0.2) is 6.54 Å². The molecule has 2 heteroatoms. The fourth-order valence-electron chi connectivity index (χ4n) is 2.57. The van der Waals surface area contributed by atoms with E-state index in [2.05, 4.69) is 43.3 Å². The lowest BCUT2D eigenvalue weighted by atomic mass is 10.1. The fraction of sp³-hybridized carbons (Fsp3) is 0.158. The van der Waals surface area contributed by atoms with E-state index < -0.39 is 0 Å². The number of nitrogens with two attached hydrogens (primary N) is 1. The summed E-state index contributed by atoms with van der Waals surface area (Å²) in [5.41, 5.74) is 8.25. The molecule has 0 radical (unpaired) electrons. The zero-order chi connectivity index (χ0) is 14.7. The summed E-state index contributed by atoms with van der Waals surface area (Å²) in [6.45, 7) is 2.53. The lowest BCUT2D eigenvalue weighted by Crippen LogP contribution is -2.18. The highest BCUT2D eigenvalue weighted by Gasteiger charge is 2.13. The summed E-state index contributed by atoms with van der Waals surface area (Å²) in [6.07, 6.45) is -0.129. The van der Waals surface area contributed by atoms with Crippen LogP contribution < -0.4 is 10.5 Å². The zero-order valence-electron chi connectivity index (χ0n) is 12.1. The van der Waals surface area contributed by atoms with Crippen LogP contribution in [0.4, 0.5) is 0 Å². The van der Waals surface area contributed by atoms with Gasteiger partial charge in [-0.05, 0) is 23.9 Å². The smallest absolute Gasteiger partial charge is 0.136 e. The molecule has 0 saturated heterocycles. The molecule has 3 rings (SSSR count). The van der Waals surface area contributed by atoms with E-state index in [0.717, 1.165) is 16.7 Å². The Balaban J connectivity index is 1.96. The van der Waals surface area contributed by atoms with Gasteiger partial charge in [-0.15, -0.1) is 0 Å². The Labute approximate surface area is 125 Å². The Kier molecular flexibility index (Phi) is 3.89. The molecule has 0 aromatic heterocycles. The van der Waals surface area contributed by atoms with Gasteiger partial charge in [-0.1, -0.05) is 66.2 Å². The molecule has 1 unspecified atom stereocenters. The van der Waals surface area contributed by atoms with E-state index >= 15 is 0 Å². The molecule has 2 nitrogen and oxygen atoms in total. The Hall–Kier alpha value is -2.32. The first-order valence-electron chi connectivity index (χ1n) is 7.19. The maximum Gasteiger partial charge on any atom is 0.136 e. The molecule has 0 aliphatic heterocycles. The van der Waals surface area contributed by atoms with Crippen molar-refractivity contribution in [2.45, 2.75) is 13.0 Å². The molecule has 0 fully saturated rings. The van der Waals surface area contributed by atoms with Crippen molar-refractivity contribution in [2.75, 3.05) is 6.54 Å². The van der Waals surface area contributed by atoms with Crippen molar-refractivity contribution < 1.29 is 4.74 Å². The van der Waals surface area contributed by atoms with Crippen LogP contribution in [0.15, 0.2) is 66.7 Å². The molecular formula is C19H19NO. The molecule has 2 N–H and O–H groups in total. The molecule has 0 spiro atoms. The summed E-state index contributed by atoms with van der Waals surface area (Å²) in [5.74, 6) is 0.880. The second kappa shape index (κ2) is 5.98. The van der Waals surface area contributed by atoms with E-state index in [4.69, 9.17) is 10.5 Å². The standard InChI is InChI=1S/C19H19NO/c1-14-6-4-9-16(12-14)19(13-20)21-18-11-5-8-15-7-2-3-10-17(15)18/h2-12,19H,13,20H2,1H3. The van der Waals surface area contributed by atoms with E-state index in [1.807, 2.05) is 30.3 Å². The van der Waals surface area contributed by atoms with Crippen molar-refractivity contribution in [3.05, 3.63) is 77.9 Å². The molecule has 3 aromatic carbocycles. The summed E-state index contributed by atoms with van der Waals surface area (Å²) in [5, 5.41) is 2.29. The second-order valence-corrected chi connectivity index (χ2v) is 5.23. The Morgan fingerprint density at radius 3 is 2.52 bits per heavy atom. The van der Waals surface area contributed by atoms with Gasteiger partial charge in [0.05, 0.1) is 0 Å². The maximum atomic E-state index is 6.19. The van der Waals surface area contributed by atoms with Crippen molar-refractivity contribution in [1.82, 2.24) is 0 Å². The van der Waals surface area contributed by atoms with Gasteiger partial charge in [0.1, 0.15) is 11.9 Å². The molecule has 0 amide bonds. The number of ether oxygens (including phenoxy) is 1. The zero-order valence-corrected chi connectivity index (χ0v) is 12.1. The number of aryl methyl sites for hydroxylation is 1.